The van der Waals surface area contributed by atoms with Crippen molar-refractivity contribution in [1.29, 1.82) is 0 Å². The maximum Gasteiger partial charge on any atom is 0.401 e. The van der Waals surface area contributed by atoms with Crippen LogP contribution in [0.15, 0.2) is 41.2 Å². The first-order chi connectivity index (χ1) is 12.9. The van der Waals surface area contributed by atoms with Gasteiger partial charge in [-0.2, -0.15) is 13.2 Å². The largest absolute Gasteiger partial charge is 0.401 e. The van der Waals surface area contributed by atoms with E-state index in [0.717, 1.165) is 15.3 Å². The Bertz CT molecular complexity index is 954. The fraction of sp³-hybridized carbons (Fsp3) is 0.333. The Hall–Kier alpha value is -2.23. The highest BCUT2D eigenvalue weighted by molar-refractivity contribution is 7.21. The Kier molecular flexibility index (Phi) is 5.93. The molecular weight excluding hydrogens is 379 g/mol. The average Bonchev–Trinajstić information content (AvgIpc) is 3.04. The molecule has 0 unspecified atom stereocenters. The van der Waals surface area contributed by atoms with Crippen LogP contribution in [0.25, 0.3) is 20.7 Å². The van der Waals surface area contributed by atoms with Gasteiger partial charge >= 0.3 is 6.18 Å². The maximum absolute atomic E-state index is 12.8. The summed E-state index contributed by atoms with van der Waals surface area (Å²) in [4.78, 5) is 21.9. The van der Waals surface area contributed by atoms with Gasteiger partial charge in [0, 0.05) is 18.5 Å². The number of rotatable bonds is 7. The van der Waals surface area contributed by atoms with Crippen molar-refractivity contribution < 1.29 is 17.9 Å². The predicted octanol–water partition coefficient (Wildman–Crippen LogP) is 3.66. The van der Waals surface area contributed by atoms with Crippen molar-refractivity contribution in [2.24, 2.45) is 0 Å². The van der Waals surface area contributed by atoms with Gasteiger partial charge in [0.25, 0.3) is 5.56 Å². The number of nitrogens with zero attached hydrogens (tertiary/aromatic N) is 2. The van der Waals surface area contributed by atoms with Crippen LogP contribution in [0.2, 0.25) is 0 Å². The summed E-state index contributed by atoms with van der Waals surface area (Å²) in [6.45, 7) is -0.985. The molecule has 0 saturated carbocycles. The van der Waals surface area contributed by atoms with Crippen LogP contribution in [0, 0.1) is 0 Å². The third-order valence-corrected chi connectivity index (χ3v) is 4.98. The quantitative estimate of drug-likeness (QED) is 0.661. The predicted molar refractivity (Wildman–Crippen MR) is 98.9 cm³/mol. The summed E-state index contributed by atoms with van der Waals surface area (Å²) in [7, 11) is 1.43. The molecule has 9 heteroatoms. The van der Waals surface area contributed by atoms with Crippen molar-refractivity contribution in [2.45, 2.75) is 12.7 Å². The molecule has 2 aromatic heterocycles. The van der Waals surface area contributed by atoms with E-state index < -0.39 is 12.7 Å². The normalized spacial score (nSPS) is 12.2. The Labute approximate surface area is 157 Å². The van der Waals surface area contributed by atoms with E-state index in [1.807, 2.05) is 30.3 Å². The van der Waals surface area contributed by atoms with Crippen LogP contribution in [-0.4, -0.2) is 47.9 Å². The molecule has 5 nitrogen and oxygen atoms in total. The number of ether oxygens (including phenoxy) is 1. The van der Waals surface area contributed by atoms with Crippen LogP contribution < -0.4 is 5.56 Å². The molecule has 0 spiro atoms. The SMILES string of the molecule is COCCN(Cc1nc2sc(-c3ccccc3)cc2c(=O)[nH]1)CC(F)(F)F. The number of nitrogens with one attached hydrogen (secondary N) is 1. The highest BCUT2D eigenvalue weighted by Gasteiger charge is 2.31. The number of hydrogen-bond acceptors (Lipinski definition) is 5. The molecule has 1 N–H and O–H groups in total. The maximum atomic E-state index is 12.8. The summed E-state index contributed by atoms with van der Waals surface area (Å²) in [6.07, 6.45) is -4.35. The molecule has 144 valence electrons. The third kappa shape index (κ3) is 5.15. The lowest BCUT2D eigenvalue weighted by Crippen LogP contribution is -2.36. The van der Waals surface area contributed by atoms with Crippen LogP contribution >= 0.6 is 11.3 Å². The molecule has 0 bridgehead atoms. The van der Waals surface area contributed by atoms with Crippen molar-refractivity contribution >= 4 is 21.6 Å². The highest BCUT2D eigenvalue weighted by Crippen LogP contribution is 2.30. The van der Waals surface area contributed by atoms with Gasteiger partial charge in [-0.05, 0) is 11.6 Å². The van der Waals surface area contributed by atoms with Gasteiger partial charge in [-0.25, -0.2) is 4.98 Å². The molecule has 1 aromatic carbocycles. The monoisotopic (exact) mass is 397 g/mol. The van der Waals surface area contributed by atoms with Gasteiger partial charge in [0.2, 0.25) is 0 Å². The van der Waals surface area contributed by atoms with Crippen molar-refractivity contribution in [3.63, 3.8) is 0 Å². The van der Waals surface area contributed by atoms with Gasteiger partial charge < -0.3 is 9.72 Å². The Morgan fingerprint density at radius 1 is 1.26 bits per heavy atom. The van der Waals surface area contributed by atoms with E-state index in [4.69, 9.17) is 4.74 Å². The summed E-state index contributed by atoms with van der Waals surface area (Å²) in [5.74, 6) is 0.203. The second kappa shape index (κ2) is 8.20. The van der Waals surface area contributed by atoms with Crippen LogP contribution in [-0.2, 0) is 11.3 Å². The molecule has 0 saturated heterocycles. The van der Waals surface area contributed by atoms with Crippen LogP contribution in [0.1, 0.15) is 5.82 Å². The zero-order valence-corrected chi connectivity index (χ0v) is 15.4. The number of fused-ring (bicyclic) bond motifs is 1. The Balaban J connectivity index is 1.89. The molecule has 0 radical (unpaired) electrons. The van der Waals surface area contributed by atoms with E-state index in [0.29, 0.717) is 10.2 Å². The lowest BCUT2D eigenvalue weighted by atomic mass is 10.2. The average molecular weight is 397 g/mol. The van der Waals surface area contributed by atoms with E-state index in [2.05, 4.69) is 9.97 Å². The number of H-pyrrole nitrogens is 1. The molecule has 0 aliphatic heterocycles. The lowest BCUT2D eigenvalue weighted by molar-refractivity contribution is -0.148. The molecule has 0 amide bonds. The van der Waals surface area contributed by atoms with Crippen LogP contribution in [0.3, 0.4) is 0 Å². The van der Waals surface area contributed by atoms with E-state index in [1.54, 1.807) is 6.07 Å². The van der Waals surface area contributed by atoms with Gasteiger partial charge in [0.1, 0.15) is 10.7 Å². The Morgan fingerprint density at radius 2 is 2.00 bits per heavy atom. The molecule has 3 rings (SSSR count). The molecule has 27 heavy (non-hydrogen) atoms. The lowest BCUT2D eigenvalue weighted by Gasteiger charge is -2.22. The Morgan fingerprint density at radius 3 is 2.67 bits per heavy atom. The van der Waals surface area contributed by atoms with Crippen LogP contribution in [0.4, 0.5) is 13.2 Å². The topological polar surface area (TPSA) is 58.2 Å². The number of aromatic amines is 1. The minimum atomic E-state index is -4.35. The van der Waals surface area contributed by atoms with Crippen molar-refractivity contribution in [2.75, 3.05) is 26.8 Å². The minimum absolute atomic E-state index is 0.0808. The van der Waals surface area contributed by atoms with E-state index in [-0.39, 0.29) is 31.1 Å². The molecular formula is C18H18F3N3O2S. The first-order valence-electron chi connectivity index (χ1n) is 8.22. The first-order valence-corrected chi connectivity index (χ1v) is 9.03. The van der Waals surface area contributed by atoms with Crippen molar-refractivity contribution in [3.05, 3.63) is 52.6 Å². The number of benzene rings is 1. The smallest absolute Gasteiger partial charge is 0.383 e. The number of aromatic nitrogens is 2. The van der Waals surface area contributed by atoms with E-state index in [9.17, 15) is 18.0 Å². The minimum Gasteiger partial charge on any atom is -0.383 e. The van der Waals surface area contributed by atoms with E-state index in [1.165, 1.54) is 18.4 Å². The first kappa shape index (κ1) is 19.5. The van der Waals surface area contributed by atoms with Gasteiger partial charge in [-0.15, -0.1) is 11.3 Å². The van der Waals surface area contributed by atoms with Gasteiger partial charge in [0.15, 0.2) is 0 Å². The fourth-order valence-corrected chi connectivity index (χ4v) is 3.75. The summed E-state index contributed by atoms with van der Waals surface area (Å²) in [5.41, 5.74) is 0.604. The standard InChI is InChI=1S/C18H18F3N3O2S/c1-26-8-7-24(11-18(19,20)21)10-15-22-16(25)13-9-14(27-17(13)23-15)12-5-3-2-4-6-12/h2-6,9H,7-8,10-11H2,1H3,(H,22,23,25). The zero-order chi connectivity index (χ0) is 19.4. The van der Waals surface area contributed by atoms with Gasteiger partial charge in [-0.3, -0.25) is 9.69 Å². The highest BCUT2D eigenvalue weighted by atomic mass is 32.1. The number of thiophene rings is 1. The molecule has 0 aliphatic rings. The molecule has 0 aliphatic carbocycles. The number of halogens is 3. The number of hydrogen-bond donors (Lipinski definition) is 1. The summed E-state index contributed by atoms with van der Waals surface area (Å²) >= 11 is 1.34. The summed E-state index contributed by atoms with van der Waals surface area (Å²) in [6, 6.07) is 11.3. The molecule has 3 aromatic rings. The van der Waals surface area contributed by atoms with Crippen molar-refractivity contribution in [1.82, 2.24) is 14.9 Å². The molecule has 0 fully saturated rings. The van der Waals surface area contributed by atoms with Gasteiger partial charge in [0.05, 0.1) is 25.1 Å². The zero-order valence-electron chi connectivity index (χ0n) is 14.5. The van der Waals surface area contributed by atoms with Gasteiger partial charge in [-0.1, -0.05) is 30.3 Å². The summed E-state index contributed by atoms with van der Waals surface area (Å²) in [5, 5.41) is 0.432. The van der Waals surface area contributed by atoms with Crippen LogP contribution in [0.5, 0.6) is 0 Å². The molecule has 2 heterocycles. The van der Waals surface area contributed by atoms with E-state index >= 15 is 0 Å². The summed E-state index contributed by atoms with van der Waals surface area (Å²) < 4.78 is 43.2. The van der Waals surface area contributed by atoms with Crippen molar-refractivity contribution in [3.8, 4) is 10.4 Å². The number of methoxy groups -OCH3 is 1. The number of alkyl halides is 3. The second-order valence-electron chi connectivity index (χ2n) is 6.03. The third-order valence-electron chi connectivity index (χ3n) is 3.90. The second-order valence-corrected chi connectivity index (χ2v) is 7.06. The fourth-order valence-electron chi connectivity index (χ4n) is 2.70. The molecule has 0 atom stereocenters.